The summed E-state index contributed by atoms with van der Waals surface area (Å²) < 4.78 is 5.88. The zero-order valence-electron chi connectivity index (χ0n) is 14.3. The van der Waals surface area contributed by atoms with Crippen LogP contribution in [-0.4, -0.2) is 10.9 Å². The van der Waals surface area contributed by atoms with E-state index in [9.17, 15) is 4.79 Å². The topological polar surface area (TPSA) is 55.1 Å². The minimum absolute atomic E-state index is 0.0401. The molecule has 4 nitrogen and oxygen atoms in total. The lowest BCUT2D eigenvalue weighted by Gasteiger charge is -2.12. The third kappa shape index (κ3) is 3.32. The highest BCUT2D eigenvalue weighted by molar-refractivity contribution is 5.94. The number of hydrogen-bond donors (Lipinski definition) is 1. The van der Waals surface area contributed by atoms with Crippen LogP contribution in [0, 0.1) is 12.8 Å². The highest BCUT2D eigenvalue weighted by Gasteiger charge is 2.15. The summed E-state index contributed by atoms with van der Waals surface area (Å²) in [7, 11) is 0. The SMILES string of the molecule is CCC(CC)C(=O)Nc1ccc2nc(-c3cccc(C)c3)oc2c1. The normalized spacial score (nSPS) is 11.2. The van der Waals surface area contributed by atoms with Crippen molar-refractivity contribution in [3.05, 3.63) is 48.0 Å². The van der Waals surface area contributed by atoms with Gasteiger partial charge >= 0.3 is 0 Å². The van der Waals surface area contributed by atoms with Crippen LogP contribution in [0.5, 0.6) is 0 Å². The van der Waals surface area contributed by atoms with Gasteiger partial charge in [-0.05, 0) is 44.0 Å². The van der Waals surface area contributed by atoms with Crippen molar-refractivity contribution in [1.29, 1.82) is 0 Å². The highest BCUT2D eigenvalue weighted by atomic mass is 16.3. The van der Waals surface area contributed by atoms with E-state index in [0.717, 1.165) is 35.2 Å². The molecule has 0 fully saturated rings. The van der Waals surface area contributed by atoms with Gasteiger partial charge in [-0.2, -0.15) is 0 Å². The van der Waals surface area contributed by atoms with Gasteiger partial charge in [0.25, 0.3) is 0 Å². The maximum absolute atomic E-state index is 12.2. The van der Waals surface area contributed by atoms with Gasteiger partial charge in [-0.25, -0.2) is 4.98 Å². The van der Waals surface area contributed by atoms with E-state index in [-0.39, 0.29) is 11.8 Å². The summed E-state index contributed by atoms with van der Waals surface area (Å²) in [5, 5.41) is 2.97. The number of fused-ring (bicyclic) bond motifs is 1. The zero-order valence-corrected chi connectivity index (χ0v) is 14.3. The zero-order chi connectivity index (χ0) is 17.1. The molecule has 24 heavy (non-hydrogen) atoms. The molecule has 0 saturated heterocycles. The molecule has 0 radical (unpaired) electrons. The van der Waals surface area contributed by atoms with Crippen LogP contribution in [-0.2, 0) is 4.79 Å². The Morgan fingerprint density at radius 3 is 2.67 bits per heavy atom. The number of aryl methyl sites for hydroxylation is 1. The van der Waals surface area contributed by atoms with Gasteiger partial charge in [-0.3, -0.25) is 4.79 Å². The van der Waals surface area contributed by atoms with Crippen molar-refractivity contribution in [3.8, 4) is 11.5 Å². The Hall–Kier alpha value is -2.62. The highest BCUT2D eigenvalue weighted by Crippen LogP contribution is 2.27. The largest absolute Gasteiger partial charge is 0.436 e. The molecule has 124 valence electrons. The minimum Gasteiger partial charge on any atom is -0.436 e. The van der Waals surface area contributed by atoms with Crippen LogP contribution in [0.2, 0.25) is 0 Å². The third-order valence-corrected chi connectivity index (χ3v) is 4.28. The fourth-order valence-corrected chi connectivity index (χ4v) is 2.81. The van der Waals surface area contributed by atoms with Crippen LogP contribution < -0.4 is 5.32 Å². The lowest BCUT2D eigenvalue weighted by molar-refractivity contribution is -0.120. The second-order valence-electron chi connectivity index (χ2n) is 6.07. The first kappa shape index (κ1) is 16.2. The van der Waals surface area contributed by atoms with Crippen LogP contribution in [0.3, 0.4) is 0 Å². The maximum Gasteiger partial charge on any atom is 0.227 e. The summed E-state index contributed by atoms with van der Waals surface area (Å²) in [4.78, 5) is 16.8. The molecule has 1 N–H and O–H groups in total. The minimum atomic E-state index is 0.0401. The molecule has 0 saturated carbocycles. The van der Waals surface area contributed by atoms with Crippen LogP contribution in [0.1, 0.15) is 32.3 Å². The Bertz CT molecular complexity index is 863. The van der Waals surface area contributed by atoms with Crippen LogP contribution in [0.15, 0.2) is 46.9 Å². The van der Waals surface area contributed by atoms with Crippen LogP contribution in [0.4, 0.5) is 5.69 Å². The number of amides is 1. The molecule has 0 aliphatic carbocycles. The predicted molar refractivity (Wildman–Crippen MR) is 96.9 cm³/mol. The molecule has 2 aromatic carbocycles. The number of rotatable bonds is 5. The second-order valence-corrected chi connectivity index (χ2v) is 6.07. The molecule has 0 atom stereocenters. The molecule has 1 aromatic heterocycles. The van der Waals surface area contributed by atoms with Crippen molar-refractivity contribution in [1.82, 2.24) is 4.98 Å². The first-order valence-corrected chi connectivity index (χ1v) is 8.39. The molecular formula is C20H22N2O2. The number of carbonyl (C=O) groups is 1. The Morgan fingerprint density at radius 2 is 1.96 bits per heavy atom. The molecule has 0 aliphatic heterocycles. The number of hydrogen-bond acceptors (Lipinski definition) is 3. The van der Waals surface area contributed by atoms with Gasteiger partial charge in [0, 0.05) is 23.2 Å². The van der Waals surface area contributed by atoms with E-state index >= 15 is 0 Å². The van der Waals surface area contributed by atoms with Gasteiger partial charge in [-0.15, -0.1) is 0 Å². The molecule has 3 aromatic rings. The van der Waals surface area contributed by atoms with Gasteiger partial charge < -0.3 is 9.73 Å². The lowest BCUT2D eigenvalue weighted by Crippen LogP contribution is -2.21. The monoisotopic (exact) mass is 322 g/mol. The number of oxazole rings is 1. The number of nitrogens with one attached hydrogen (secondary N) is 1. The summed E-state index contributed by atoms with van der Waals surface area (Å²) in [6, 6.07) is 13.6. The van der Waals surface area contributed by atoms with Crippen molar-refractivity contribution >= 4 is 22.7 Å². The van der Waals surface area contributed by atoms with Gasteiger partial charge in [0.1, 0.15) is 5.52 Å². The van der Waals surface area contributed by atoms with E-state index in [0.29, 0.717) is 11.5 Å². The summed E-state index contributed by atoms with van der Waals surface area (Å²) in [5.74, 6) is 0.688. The van der Waals surface area contributed by atoms with Crippen molar-refractivity contribution in [2.24, 2.45) is 5.92 Å². The summed E-state index contributed by atoms with van der Waals surface area (Å²) in [5.41, 5.74) is 4.31. The number of carbonyl (C=O) groups excluding carboxylic acids is 1. The number of nitrogens with zero attached hydrogens (tertiary/aromatic N) is 1. The summed E-state index contributed by atoms with van der Waals surface area (Å²) in [6.45, 7) is 6.10. The number of anilines is 1. The van der Waals surface area contributed by atoms with E-state index in [1.165, 1.54) is 0 Å². The van der Waals surface area contributed by atoms with Crippen molar-refractivity contribution in [2.45, 2.75) is 33.6 Å². The molecule has 1 heterocycles. The number of aromatic nitrogens is 1. The van der Waals surface area contributed by atoms with E-state index in [4.69, 9.17) is 4.42 Å². The molecule has 3 rings (SSSR count). The first-order valence-electron chi connectivity index (χ1n) is 8.39. The molecular weight excluding hydrogens is 300 g/mol. The first-order chi connectivity index (χ1) is 11.6. The van der Waals surface area contributed by atoms with Gasteiger partial charge in [0.05, 0.1) is 0 Å². The Balaban J connectivity index is 1.88. The van der Waals surface area contributed by atoms with Gasteiger partial charge in [0.15, 0.2) is 5.58 Å². The Labute approximate surface area is 141 Å². The number of benzene rings is 2. The molecule has 4 heteroatoms. The quantitative estimate of drug-likeness (QED) is 0.704. The van der Waals surface area contributed by atoms with Gasteiger partial charge in [-0.1, -0.05) is 31.5 Å². The van der Waals surface area contributed by atoms with Crippen molar-refractivity contribution in [3.63, 3.8) is 0 Å². The average molecular weight is 322 g/mol. The van der Waals surface area contributed by atoms with E-state index in [1.54, 1.807) is 0 Å². The van der Waals surface area contributed by atoms with Crippen molar-refractivity contribution < 1.29 is 9.21 Å². The second kappa shape index (κ2) is 6.87. The van der Waals surface area contributed by atoms with E-state index < -0.39 is 0 Å². The summed E-state index contributed by atoms with van der Waals surface area (Å²) in [6.07, 6.45) is 1.68. The van der Waals surface area contributed by atoms with E-state index in [1.807, 2.05) is 63.2 Å². The van der Waals surface area contributed by atoms with Crippen LogP contribution >= 0.6 is 0 Å². The molecule has 0 unspecified atom stereocenters. The average Bonchev–Trinajstić information content (AvgIpc) is 2.99. The van der Waals surface area contributed by atoms with Crippen LogP contribution in [0.25, 0.3) is 22.6 Å². The van der Waals surface area contributed by atoms with Crippen molar-refractivity contribution in [2.75, 3.05) is 5.32 Å². The summed E-state index contributed by atoms with van der Waals surface area (Å²) >= 11 is 0. The fraction of sp³-hybridized carbons (Fsp3) is 0.300. The standard InChI is InChI=1S/C20H22N2O2/c1-4-14(5-2)19(23)21-16-9-10-17-18(12-16)24-20(22-17)15-8-6-7-13(3)11-15/h6-12,14H,4-5H2,1-3H3,(H,21,23). The van der Waals surface area contributed by atoms with Gasteiger partial charge in [0.2, 0.25) is 11.8 Å². The fourth-order valence-electron chi connectivity index (χ4n) is 2.81. The molecule has 1 amide bonds. The lowest BCUT2D eigenvalue weighted by atomic mass is 10.0. The maximum atomic E-state index is 12.2. The third-order valence-electron chi connectivity index (χ3n) is 4.28. The molecule has 0 aliphatic rings. The predicted octanol–water partition coefficient (Wildman–Crippen LogP) is 5.18. The Morgan fingerprint density at radius 1 is 1.17 bits per heavy atom. The van der Waals surface area contributed by atoms with E-state index in [2.05, 4.69) is 10.3 Å². The molecule has 0 bridgehead atoms. The smallest absolute Gasteiger partial charge is 0.227 e. The Kier molecular flexibility index (Phi) is 4.65. The molecule has 0 spiro atoms.